The Morgan fingerprint density at radius 2 is 2.06 bits per heavy atom. The SMILES string of the molecule is CC(C)c1nc2ccc(C(=O)N(C)C)cc2s1. The molecule has 0 aliphatic heterocycles. The molecular formula is C13H16N2OS. The van der Waals surface area contributed by atoms with Crippen LogP contribution in [0.1, 0.15) is 35.1 Å². The number of carbonyl (C=O) groups excluding carboxylic acids is 1. The second-order valence-corrected chi connectivity index (χ2v) is 5.65. The summed E-state index contributed by atoms with van der Waals surface area (Å²) in [5.41, 5.74) is 1.70. The van der Waals surface area contributed by atoms with Crippen LogP contribution in [0.5, 0.6) is 0 Å². The molecule has 90 valence electrons. The van der Waals surface area contributed by atoms with E-state index in [1.807, 2.05) is 18.2 Å². The van der Waals surface area contributed by atoms with Gasteiger partial charge in [-0.15, -0.1) is 11.3 Å². The molecular weight excluding hydrogens is 232 g/mol. The van der Waals surface area contributed by atoms with E-state index in [0.717, 1.165) is 20.8 Å². The Balaban J connectivity index is 2.47. The first-order valence-corrected chi connectivity index (χ1v) is 6.43. The molecule has 0 spiro atoms. The second kappa shape index (κ2) is 4.45. The van der Waals surface area contributed by atoms with E-state index >= 15 is 0 Å². The number of rotatable bonds is 2. The molecule has 0 saturated heterocycles. The summed E-state index contributed by atoms with van der Waals surface area (Å²) in [7, 11) is 3.53. The highest BCUT2D eigenvalue weighted by Gasteiger charge is 2.12. The molecule has 0 N–H and O–H groups in total. The van der Waals surface area contributed by atoms with Gasteiger partial charge in [0.2, 0.25) is 0 Å². The van der Waals surface area contributed by atoms with Crippen molar-refractivity contribution in [1.82, 2.24) is 9.88 Å². The zero-order chi connectivity index (χ0) is 12.6. The Hall–Kier alpha value is -1.42. The fourth-order valence-corrected chi connectivity index (χ4v) is 2.59. The van der Waals surface area contributed by atoms with Crippen LogP contribution in [0, 0.1) is 0 Å². The van der Waals surface area contributed by atoms with Gasteiger partial charge in [0.1, 0.15) is 0 Å². The maximum absolute atomic E-state index is 11.8. The van der Waals surface area contributed by atoms with E-state index in [-0.39, 0.29) is 5.91 Å². The van der Waals surface area contributed by atoms with Crippen LogP contribution in [0.15, 0.2) is 18.2 Å². The normalized spacial score (nSPS) is 11.1. The van der Waals surface area contributed by atoms with E-state index < -0.39 is 0 Å². The second-order valence-electron chi connectivity index (χ2n) is 4.59. The van der Waals surface area contributed by atoms with Gasteiger partial charge in [-0.3, -0.25) is 4.79 Å². The minimum absolute atomic E-state index is 0.0337. The third-order valence-corrected chi connectivity index (χ3v) is 3.87. The summed E-state index contributed by atoms with van der Waals surface area (Å²) in [5.74, 6) is 0.465. The molecule has 4 heteroatoms. The van der Waals surface area contributed by atoms with Crippen molar-refractivity contribution < 1.29 is 4.79 Å². The van der Waals surface area contributed by atoms with Gasteiger partial charge >= 0.3 is 0 Å². The molecule has 1 amide bonds. The molecule has 0 fully saturated rings. The van der Waals surface area contributed by atoms with Crippen LogP contribution in [-0.4, -0.2) is 29.9 Å². The van der Waals surface area contributed by atoms with Gasteiger partial charge < -0.3 is 4.90 Å². The molecule has 3 nitrogen and oxygen atoms in total. The molecule has 0 atom stereocenters. The minimum Gasteiger partial charge on any atom is -0.345 e. The number of thiazole rings is 1. The Labute approximate surface area is 105 Å². The van der Waals surface area contributed by atoms with Gasteiger partial charge in [-0.2, -0.15) is 0 Å². The predicted molar refractivity (Wildman–Crippen MR) is 71.7 cm³/mol. The summed E-state index contributed by atoms with van der Waals surface area (Å²) in [6.45, 7) is 4.26. The maximum atomic E-state index is 11.8. The predicted octanol–water partition coefficient (Wildman–Crippen LogP) is 3.12. The Bertz CT molecular complexity index is 558. The van der Waals surface area contributed by atoms with Crippen molar-refractivity contribution in [3.05, 3.63) is 28.8 Å². The van der Waals surface area contributed by atoms with Crippen LogP contribution in [0.4, 0.5) is 0 Å². The van der Waals surface area contributed by atoms with Gasteiger partial charge in [-0.05, 0) is 18.2 Å². The largest absolute Gasteiger partial charge is 0.345 e. The molecule has 1 aromatic heterocycles. The van der Waals surface area contributed by atoms with Crippen molar-refractivity contribution in [1.29, 1.82) is 0 Å². The summed E-state index contributed by atoms with van der Waals surface area (Å²) >= 11 is 1.67. The molecule has 17 heavy (non-hydrogen) atoms. The van der Waals surface area contributed by atoms with E-state index in [1.54, 1.807) is 30.3 Å². The summed E-state index contributed by atoms with van der Waals surface area (Å²) < 4.78 is 1.08. The molecule has 2 rings (SSSR count). The Morgan fingerprint density at radius 3 is 2.65 bits per heavy atom. The summed E-state index contributed by atoms with van der Waals surface area (Å²) in [6.07, 6.45) is 0. The lowest BCUT2D eigenvalue weighted by atomic mass is 10.2. The number of hydrogen-bond acceptors (Lipinski definition) is 3. The Morgan fingerprint density at radius 1 is 1.35 bits per heavy atom. The first-order chi connectivity index (χ1) is 7.99. The van der Waals surface area contributed by atoms with Crippen LogP contribution in [0.2, 0.25) is 0 Å². The molecule has 0 bridgehead atoms. The average molecular weight is 248 g/mol. The molecule has 2 aromatic rings. The van der Waals surface area contributed by atoms with E-state index in [4.69, 9.17) is 0 Å². The monoisotopic (exact) mass is 248 g/mol. The van der Waals surface area contributed by atoms with Gasteiger partial charge in [-0.1, -0.05) is 13.8 Å². The standard InChI is InChI=1S/C13H16N2OS/c1-8(2)12-14-10-6-5-9(7-11(10)17-12)13(16)15(3)4/h5-8H,1-4H3. The fraction of sp³-hybridized carbons (Fsp3) is 0.385. The molecule has 1 aromatic carbocycles. The number of fused-ring (bicyclic) bond motifs is 1. The number of carbonyl (C=O) groups is 1. The van der Waals surface area contributed by atoms with Crippen molar-refractivity contribution >= 4 is 27.5 Å². The number of hydrogen-bond donors (Lipinski definition) is 0. The molecule has 0 aliphatic rings. The quantitative estimate of drug-likeness (QED) is 0.818. The lowest BCUT2D eigenvalue weighted by Gasteiger charge is -2.09. The van der Waals surface area contributed by atoms with Crippen molar-refractivity contribution in [3.63, 3.8) is 0 Å². The topological polar surface area (TPSA) is 33.2 Å². The zero-order valence-electron chi connectivity index (χ0n) is 10.5. The highest BCUT2D eigenvalue weighted by molar-refractivity contribution is 7.18. The van der Waals surface area contributed by atoms with Crippen molar-refractivity contribution in [2.45, 2.75) is 19.8 Å². The molecule has 0 saturated carbocycles. The lowest BCUT2D eigenvalue weighted by molar-refractivity contribution is 0.0828. The molecule has 1 heterocycles. The van der Waals surface area contributed by atoms with E-state index in [1.165, 1.54) is 0 Å². The lowest BCUT2D eigenvalue weighted by Crippen LogP contribution is -2.21. The van der Waals surface area contributed by atoms with Crippen molar-refractivity contribution in [3.8, 4) is 0 Å². The van der Waals surface area contributed by atoms with Crippen LogP contribution in [-0.2, 0) is 0 Å². The first-order valence-electron chi connectivity index (χ1n) is 5.61. The van der Waals surface area contributed by atoms with Crippen LogP contribution < -0.4 is 0 Å². The first kappa shape index (κ1) is 12.0. The van der Waals surface area contributed by atoms with E-state index in [0.29, 0.717) is 5.92 Å². The van der Waals surface area contributed by atoms with Crippen molar-refractivity contribution in [2.75, 3.05) is 14.1 Å². The van der Waals surface area contributed by atoms with Crippen LogP contribution in [0.3, 0.4) is 0 Å². The van der Waals surface area contributed by atoms with E-state index in [2.05, 4.69) is 18.8 Å². The number of nitrogens with zero attached hydrogens (tertiary/aromatic N) is 2. The van der Waals surface area contributed by atoms with Crippen LogP contribution >= 0.6 is 11.3 Å². The fourth-order valence-electron chi connectivity index (χ4n) is 1.58. The van der Waals surface area contributed by atoms with Gasteiger partial charge in [0, 0.05) is 25.6 Å². The van der Waals surface area contributed by atoms with Gasteiger partial charge in [0.05, 0.1) is 15.2 Å². The number of aromatic nitrogens is 1. The molecule has 0 aliphatic carbocycles. The third kappa shape index (κ3) is 2.31. The van der Waals surface area contributed by atoms with Gasteiger partial charge in [0.25, 0.3) is 5.91 Å². The smallest absolute Gasteiger partial charge is 0.253 e. The average Bonchev–Trinajstić information content (AvgIpc) is 2.70. The summed E-state index contributed by atoms with van der Waals surface area (Å²) in [6, 6.07) is 5.70. The van der Waals surface area contributed by atoms with E-state index in [9.17, 15) is 4.79 Å². The van der Waals surface area contributed by atoms with Crippen molar-refractivity contribution in [2.24, 2.45) is 0 Å². The zero-order valence-corrected chi connectivity index (χ0v) is 11.3. The number of amides is 1. The maximum Gasteiger partial charge on any atom is 0.253 e. The highest BCUT2D eigenvalue weighted by Crippen LogP contribution is 2.28. The highest BCUT2D eigenvalue weighted by atomic mass is 32.1. The number of benzene rings is 1. The van der Waals surface area contributed by atoms with Crippen LogP contribution in [0.25, 0.3) is 10.2 Å². The molecule has 0 radical (unpaired) electrons. The third-order valence-electron chi connectivity index (χ3n) is 2.55. The van der Waals surface area contributed by atoms with Gasteiger partial charge in [-0.25, -0.2) is 4.98 Å². The Kier molecular flexibility index (Phi) is 3.15. The minimum atomic E-state index is 0.0337. The van der Waals surface area contributed by atoms with Gasteiger partial charge in [0.15, 0.2) is 0 Å². The summed E-state index contributed by atoms with van der Waals surface area (Å²) in [5, 5.41) is 1.12. The summed E-state index contributed by atoms with van der Waals surface area (Å²) in [4.78, 5) is 18.0. The molecule has 0 unspecified atom stereocenters.